The highest BCUT2D eigenvalue weighted by molar-refractivity contribution is 7.14. The van der Waals surface area contributed by atoms with E-state index >= 15 is 0 Å². The average molecular weight is 422 g/mol. The van der Waals surface area contributed by atoms with Gasteiger partial charge in [0, 0.05) is 30.2 Å². The highest BCUT2D eigenvalue weighted by Crippen LogP contribution is 2.35. The van der Waals surface area contributed by atoms with Crippen molar-refractivity contribution in [2.24, 2.45) is 5.92 Å². The van der Waals surface area contributed by atoms with Gasteiger partial charge in [0.1, 0.15) is 5.69 Å². The van der Waals surface area contributed by atoms with Crippen LogP contribution in [0.25, 0.3) is 0 Å². The topological polar surface area (TPSA) is 63.7 Å². The lowest BCUT2D eigenvalue weighted by molar-refractivity contribution is 0.0685. The summed E-state index contributed by atoms with van der Waals surface area (Å²) in [6, 6.07) is 16.2. The summed E-state index contributed by atoms with van der Waals surface area (Å²) in [5, 5.41) is 5.77. The van der Waals surface area contributed by atoms with Crippen molar-refractivity contribution >= 4 is 28.1 Å². The summed E-state index contributed by atoms with van der Waals surface area (Å²) in [6.45, 7) is 1.83. The fourth-order valence-electron chi connectivity index (χ4n) is 3.98. The van der Waals surface area contributed by atoms with Crippen LogP contribution in [0, 0.1) is 5.92 Å². The van der Waals surface area contributed by atoms with E-state index < -0.39 is 0 Å². The Kier molecular flexibility index (Phi) is 5.27. The molecule has 0 spiro atoms. The normalized spacial score (nSPS) is 15.9. The first-order valence-corrected chi connectivity index (χ1v) is 11.1. The first kappa shape index (κ1) is 18.9. The number of benzene rings is 2. The molecule has 7 heteroatoms. The number of likely N-dealkylation sites (tertiary alicyclic amines) is 1. The molecule has 5 rings (SSSR count). The summed E-state index contributed by atoms with van der Waals surface area (Å²) < 4.78 is 10.7. The third kappa shape index (κ3) is 4.11. The molecule has 3 aromatic rings. The number of hydrogen-bond acceptors (Lipinski definition) is 6. The number of aromatic nitrogens is 1. The lowest BCUT2D eigenvalue weighted by Crippen LogP contribution is -2.39. The third-order valence-corrected chi connectivity index (χ3v) is 6.37. The van der Waals surface area contributed by atoms with E-state index in [1.807, 2.05) is 34.5 Å². The first-order chi connectivity index (χ1) is 14.7. The molecule has 0 radical (unpaired) electrons. The Labute approximate surface area is 179 Å². The number of hydrogen-bond donors (Lipinski definition) is 1. The van der Waals surface area contributed by atoms with Crippen LogP contribution in [0.3, 0.4) is 0 Å². The van der Waals surface area contributed by atoms with Crippen LogP contribution in [0.15, 0.2) is 53.9 Å². The zero-order valence-corrected chi connectivity index (χ0v) is 17.4. The smallest absolute Gasteiger partial charge is 0.273 e. The molecule has 0 aliphatic carbocycles. The van der Waals surface area contributed by atoms with Gasteiger partial charge in [0.15, 0.2) is 16.6 Å². The summed E-state index contributed by atoms with van der Waals surface area (Å²) in [5.41, 5.74) is 2.74. The van der Waals surface area contributed by atoms with E-state index in [9.17, 15) is 4.79 Å². The maximum absolute atomic E-state index is 12.9. The monoisotopic (exact) mass is 421 g/mol. The van der Waals surface area contributed by atoms with Gasteiger partial charge in [0.25, 0.3) is 5.91 Å². The second-order valence-electron chi connectivity index (χ2n) is 7.66. The molecule has 1 N–H and O–H groups in total. The van der Waals surface area contributed by atoms with E-state index in [-0.39, 0.29) is 12.7 Å². The van der Waals surface area contributed by atoms with Crippen LogP contribution in [0.5, 0.6) is 11.5 Å². The van der Waals surface area contributed by atoms with Crippen LogP contribution < -0.4 is 14.8 Å². The Morgan fingerprint density at radius 2 is 1.90 bits per heavy atom. The minimum absolute atomic E-state index is 0.0168. The Balaban J connectivity index is 1.17. The minimum atomic E-state index is 0.0168. The van der Waals surface area contributed by atoms with E-state index in [0.717, 1.165) is 43.8 Å². The Morgan fingerprint density at radius 1 is 1.10 bits per heavy atom. The molecule has 1 fully saturated rings. The van der Waals surface area contributed by atoms with Crippen molar-refractivity contribution in [3.63, 3.8) is 0 Å². The van der Waals surface area contributed by atoms with E-state index in [1.54, 1.807) is 0 Å². The van der Waals surface area contributed by atoms with Gasteiger partial charge < -0.3 is 19.7 Å². The van der Waals surface area contributed by atoms with Crippen molar-refractivity contribution < 1.29 is 14.3 Å². The van der Waals surface area contributed by atoms with E-state index in [4.69, 9.17) is 9.47 Å². The van der Waals surface area contributed by atoms with Crippen LogP contribution >= 0.6 is 11.3 Å². The van der Waals surface area contributed by atoms with Crippen molar-refractivity contribution in [2.45, 2.75) is 19.3 Å². The quantitative estimate of drug-likeness (QED) is 0.646. The third-order valence-electron chi connectivity index (χ3n) is 5.62. The van der Waals surface area contributed by atoms with Gasteiger partial charge in [-0.1, -0.05) is 30.3 Å². The molecule has 0 saturated carbocycles. The number of thiazole rings is 1. The number of fused-ring (bicyclic) bond motifs is 1. The summed E-state index contributed by atoms with van der Waals surface area (Å²) in [5.74, 6) is 2.11. The second kappa shape index (κ2) is 8.36. The summed E-state index contributed by atoms with van der Waals surface area (Å²) in [7, 11) is 0. The maximum atomic E-state index is 12.9. The summed E-state index contributed by atoms with van der Waals surface area (Å²) in [6.07, 6.45) is 3.16. The lowest BCUT2D eigenvalue weighted by Gasteiger charge is -2.31. The molecule has 1 aromatic heterocycles. The zero-order valence-electron chi connectivity index (χ0n) is 16.5. The molecule has 0 bridgehead atoms. The molecule has 0 atom stereocenters. The molecule has 2 aliphatic heterocycles. The average Bonchev–Trinajstić information content (AvgIpc) is 3.44. The van der Waals surface area contributed by atoms with Gasteiger partial charge >= 0.3 is 0 Å². The van der Waals surface area contributed by atoms with Crippen LogP contribution in [0.2, 0.25) is 0 Å². The number of carbonyl (C=O) groups is 1. The van der Waals surface area contributed by atoms with Gasteiger partial charge in [-0.05, 0) is 42.9 Å². The van der Waals surface area contributed by atoms with Gasteiger partial charge in [-0.3, -0.25) is 4.79 Å². The van der Waals surface area contributed by atoms with Gasteiger partial charge in [0.05, 0.1) is 0 Å². The van der Waals surface area contributed by atoms with Crippen molar-refractivity contribution in [1.29, 1.82) is 0 Å². The fourth-order valence-corrected chi connectivity index (χ4v) is 4.68. The fraction of sp³-hybridized carbons (Fsp3) is 0.304. The summed E-state index contributed by atoms with van der Waals surface area (Å²) in [4.78, 5) is 19.3. The largest absolute Gasteiger partial charge is 0.454 e. The number of piperidine rings is 1. The standard InChI is InChI=1S/C23H23N3O3S/c27-22(26-10-8-17(9-11-26)12-16-4-2-1-3-5-16)19-14-30-23(25-19)24-18-6-7-20-21(13-18)29-15-28-20/h1-7,13-14,17H,8-12,15H2,(H,24,25). The number of ether oxygens (including phenoxy) is 2. The van der Waals surface area contributed by atoms with E-state index in [2.05, 4.69) is 34.6 Å². The maximum Gasteiger partial charge on any atom is 0.273 e. The second-order valence-corrected chi connectivity index (χ2v) is 8.51. The van der Waals surface area contributed by atoms with Crippen molar-refractivity contribution in [3.05, 3.63) is 65.2 Å². The molecular weight excluding hydrogens is 398 g/mol. The molecular formula is C23H23N3O3S. The molecule has 2 aliphatic rings. The van der Waals surface area contributed by atoms with Gasteiger partial charge in [-0.15, -0.1) is 11.3 Å². The SMILES string of the molecule is O=C(c1csc(Nc2ccc3c(c2)OCO3)n1)N1CCC(Cc2ccccc2)CC1. The van der Waals surface area contributed by atoms with E-state index in [0.29, 0.717) is 22.5 Å². The predicted octanol–water partition coefficient (Wildman–Crippen LogP) is 4.71. The Bertz CT molecular complexity index is 1030. The highest BCUT2D eigenvalue weighted by atomic mass is 32.1. The summed E-state index contributed by atoms with van der Waals surface area (Å²) >= 11 is 1.43. The molecule has 30 heavy (non-hydrogen) atoms. The number of carbonyl (C=O) groups excluding carboxylic acids is 1. The number of nitrogens with zero attached hydrogens (tertiary/aromatic N) is 2. The molecule has 1 saturated heterocycles. The Hall–Kier alpha value is -3.06. The van der Waals surface area contributed by atoms with E-state index in [1.165, 1.54) is 16.9 Å². The Morgan fingerprint density at radius 3 is 2.73 bits per heavy atom. The molecule has 1 amide bonds. The van der Waals surface area contributed by atoms with Crippen molar-refractivity contribution in [3.8, 4) is 11.5 Å². The molecule has 154 valence electrons. The van der Waals surface area contributed by atoms with Gasteiger partial charge in [-0.2, -0.15) is 0 Å². The van der Waals surface area contributed by atoms with Crippen LogP contribution in [-0.2, 0) is 6.42 Å². The number of anilines is 2. The van der Waals surface area contributed by atoms with Crippen LogP contribution in [0.1, 0.15) is 28.9 Å². The zero-order chi connectivity index (χ0) is 20.3. The van der Waals surface area contributed by atoms with Crippen LogP contribution in [0.4, 0.5) is 10.8 Å². The van der Waals surface area contributed by atoms with Gasteiger partial charge in [0.2, 0.25) is 6.79 Å². The van der Waals surface area contributed by atoms with Crippen molar-refractivity contribution in [1.82, 2.24) is 9.88 Å². The first-order valence-electron chi connectivity index (χ1n) is 10.2. The number of nitrogens with one attached hydrogen (secondary N) is 1. The van der Waals surface area contributed by atoms with Crippen molar-refractivity contribution in [2.75, 3.05) is 25.2 Å². The lowest BCUT2D eigenvalue weighted by atomic mass is 9.90. The number of amides is 1. The number of rotatable bonds is 5. The molecule has 2 aromatic carbocycles. The molecule has 3 heterocycles. The minimum Gasteiger partial charge on any atom is -0.454 e. The predicted molar refractivity (Wildman–Crippen MR) is 117 cm³/mol. The molecule has 6 nitrogen and oxygen atoms in total. The molecule has 0 unspecified atom stereocenters. The van der Waals surface area contributed by atoms with Crippen LogP contribution in [-0.4, -0.2) is 35.7 Å². The highest BCUT2D eigenvalue weighted by Gasteiger charge is 2.25. The van der Waals surface area contributed by atoms with Gasteiger partial charge in [-0.25, -0.2) is 4.98 Å².